The third-order valence-corrected chi connectivity index (χ3v) is 4.25. The van der Waals surface area contributed by atoms with E-state index in [1.165, 1.54) is 12.1 Å². The Morgan fingerprint density at radius 2 is 1.97 bits per heavy atom. The number of nitrogens with zero attached hydrogens (tertiary/aromatic N) is 2. The van der Waals surface area contributed by atoms with E-state index in [2.05, 4.69) is 27.0 Å². The molecule has 29 heavy (non-hydrogen) atoms. The normalized spacial score (nSPS) is 11.7. The summed E-state index contributed by atoms with van der Waals surface area (Å²) in [6, 6.07) is 12.7. The molecule has 0 aliphatic carbocycles. The quantitative estimate of drug-likeness (QED) is 0.575. The van der Waals surface area contributed by atoms with E-state index < -0.39 is 11.8 Å². The van der Waals surface area contributed by atoms with Gasteiger partial charge in [-0.1, -0.05) is 12.1 Å². The summed E-state index contributed by atoms with van der Waals surface area (Å²) in [7, 11) is 0. The van der Waals surface area contributed by atoms with Gasteiger partial charge in [-0.2, -0.15) is 5.26 Å². The second-order valence-electron chi connectivity index (χ2n) is 6.18. The summed E-state index contributed by atoms with van der Waals surface area (Å²) in [6.45, 7) is 0.719. The lowest BCUT2D eigenvalue weighted by molar-refractivity contribution is 0.174. The zero-order valence-corrected chi connectivity index (χ0v) is 15.2. The first-order valence-electron chi connectivity index (χ1n) is 8.82. The molecule has 0 unspecified atom stereocenters. The van der Waals surface area contributed by atoms with Gasteiger partial charge in [-0.15, -0.1) is 0 Å². The molecule has 0 saturated heterocycles. The lowest BCUT2D eigenvalue weighted by Crippen LogP contribution is -2.33. The van der Waals surface area contributed by atoms with Crippen LogP contribution in [0.3, 0.4) is 0 Å². The molecule has 0 saturated carbocycles. The van der Waals surface area contributed by atoms with Crippen LogP contribution < -0.4 is 25.4 Å². The number of pyridine rings is 1. The van der Waals surface area contributed by atoms with Gasteiger partial charge in [0.05, 0.1) is 16.8 Å². The Morgan fingerprint density at radius 1 is 1.17 bits per heavy atom. The maximum absolute atomic E-state index is 13.5. The number of anilines is 2. The van der Waals surface area contributed by atoms with Crippen molar-refractivity contribution in [3.05, 3.63) is 53.8 Å². The van der Waals surface area contributed by atoms with E-state index in [0.717, 1.165) is 5.39 Å². The van der Waals surface area contributed by atoms with Crippen LogP contribution in [-0.4, -0.2) is 30.9 Å². The van der Waals surface area contributed by atoms with Gasteiger partial charge in [-0.25, -0.2) is 14.2 Å². The van der Waals surface area contributed by atoms with Gasteiger partial charge in [0.25, 0.3) is 0 Å². The van der Waals surface area contributed by atoms with Crippen molar-refractivity contribution in [3.8, 4) is 17.6 Å². The highest BCUT2D eigenvalue weighted by atomic mass is 19.1. The van der Waals surface area contributed by atoms with Gasteiger partial charge >= 0.3 is 6.03 Å². The first-order chi connectivity index (χ1) is 14.1. The van der Waals surface area contributed by atoms with Gasteiger partial charge in [-0.05, 0) is 24.3 Å². The lowest BCUT2D eigenvalue weighted by Gasteiger charge is -2.11. The maximum atomic E-state index is 13.5. The number of benzene rings is 2. The van der Waals surface area contributed by atoms with Crippen LogP contribution in [0.25, 0.3) is 10.9 Å². The lowest BCUT2D eigenvalue weighted by atomic mass is 10.1. The summed E-state index contributed by atoms with van der Waals surface area (Å²) in [5.74, 6) is 1.11. The van der Waals surface area contributed by atoms with Crippen LogP contribution >= 0.6 is 0 Å². The van der Waals surface area contributed by atoms with Crippen LogP contribution in [-0.2, 0) is 0 Å². The molecule has 3 aromatic rings. The molecule has 0 spiro atoms. The SMILES string of the molecule is N#Cc1cc2cc3c(cc2nc1NCCNC(=O)Nc1ccccc1F)OCO3. The van der Waals surface area contributed by atoms with E-state index in [9.17, 15) is 14.4 Å². The zero-order chi connectivity index (χ0) is 20.2. The molecular weight excluding hydrogens is 377 g/mol. The van der Waals surface area contributed by atoms with Crippen molar-refractivity contribution >= 4 is 28.4 Å². The molecule has 2 heterocycles. The highest BCUT2D eigenvalue weighted by Gasteiger charge is 2.16. The molecule has 9 heteroatoms. The Labute approximate surface area is 165 Å². The monoisotopic (exact) mass is 393 g/mol. The predicted molar refractivity (Wildman–Crippen MR) is 104 cm³/mol. The van der Waals surface area contributed by atoms with Crippen molar-refractivity contribution in [3.63, 3.8) is 0 Å². The van der Waals surface area contributed by atoms with E-state index in [1.807, 2.05) is 0 Å². The van der Waals surface area contributed by atoms with Crippen molar-refractivity contribution in [2.45, 2.75) is 0 Å². The number of carbonyl (C=O) groups excluding carboxylic acids is 1. The Hall–Kier alpha value is -4.06. The molecule has 0 fully saturated rings. The fraction of sp³-hybridized carbons (Fsp3) is 0.150. The number of hydrogen-bond donors (Lipinski definition) is 3. The Kier molecular flexibility index (Phi) is 4.99. The highest BCUT2D eigenvalue weighted by molar-refractivity contribution is 5.89. The highest BCUT2D eigenvalue weighted by Crippen LogP contribution is 2.36. The number of hydrogen-bond acceptors (Lipinski definition) is 6. The molecule has 4 rings (SSSR count). The van der Waals surface area contributed by atoms with E-state index in [-0.39, 0.29) is 19.0 Å². The van der Waals surface area contributed by atoms with E-state index in [0.29, 0.717) is 34.9 Å². The van der Waals surface area contributed by atoms with Gasteiger partial charge in [0.1, 0.15) is 17.7 Å². The minimum atomic E-state index is -0.531. The number of halogens is 1. The first-order valence-corrected chi connectivity index (χ1v) is 8.82. The summed E-state index contributed by atoms with van der Waals surface area (Å²) in [5, 5.41) is 18.2. The molecule has 2 amide bonds. The number of aromatic nitrogens is 1. The van der Waals surface area contributed by atoms with Gasteiger partial charge in [0.15, 0.2) is 11.5 Å². The zero-order valence-electron chi connectivity index (χ0n) is 15.2. The molecule has 8 nitrogen and oxygen atoms in total. The average Bonchev–Trinajstić information content (AvgIpc) is 3.17. The van der Waals surface area contributed by atoms with Crippen LogP contribution in [0.1, 0.15) is 5.56 Å². The number of rotatable bonds is 5. The summed E-state index contributed by atoms with van der Waals surface area (Å²) in [4.78, 5) is 16.3. The van der Waals surface area contributed by atoms with Crippen molar-refractivity contribution in [1.29, 1.82) is 5.26 Å². The molecule has 0 atom stereocenters. The molecule has 1 aromatic heterocycles. The van der Waals surface area contributed by atoms with Crippen molar-refractivity contribution < 1.29 is 18.7 Å². The molecule has 1 aliphatic rings. The number of fused-ring (bicyclic) bond motifs is 2. The van der Waals surface area contributed by atoms with Crippen LogP contribution in [0.4, 0.5) is 20.7 Å². The van der Waals surface area contributed by atoms with Crippen LogP contribution in [0, 0.1) is 17.1 Å². The standard InChI is InChI=1S/C20H16FN5O3/c21-14-3-1-2-4-15(14)26-20(27)24-6-5-23-19-13(10-22)7-12-8-17-18(29-11-28-17)9-16(12)25-19/h1-4,7-9H,5-6,11H2,(H,23,25)(H2,24,26,27). The fourth-order valence-electron chi connectivity index (χ4n) is 2.87. The smallest absolute Gasteiger partial charge is 0.319 e. The summed E-state index contributed by atoms with van der Waals surface area (Å²) in [5.41, 5.74) is 1.12. The van der Waals surface area contributed by atoms with E-state index in [1.54, 1.807) is 30.3 Å². The molecule has 1 aliphatic heterocycles. The van der Waals surface area contributed by atoms with E-state index in [4.69, 9.17) is 9.47 Å². The number of urea groups is 1. The number of amides is 2. The van der Waals surface area contributed by atoms with Gasteiger partial charge in [-0.3, -0.25) is 0 Å². The van der Waals surface area contributed by atoms with Crippen LogP contribution in [0.15, 0.2) is 42.5 Å². The molecular formula is C20H16FN5O3. The minimum absolute atomic E-state index is 0.0969. The Morgan fingerprint density at radius 3 is 2.76 bits per heavy atom. The van der Waals surface area contributed by atoms with Crippen molar-refractivity contribution in [1.82, 2.24) is 10.3 Å². The minimum Gasteiger partial charge on any atom is -0.454 e. The largest absolute Gasteiger partial charge is 0.454 e. The predicted octanol–water partition coefficient (Wildman–Crippen LogP) is 3.21. The van der Waals surface area contributed by atoms with Gasteiger partial charge < -0.3 is 25.4 Å². The van der Waals surface area contributed by atoms with Gasteiger partial charge in [0, 0.05) is 24.5 Å². The van der Waals surface area contributed by atoms with Crippen molar-refractivity contribution in [2.24, 2.45) is 0 Å². The number of ether oxygens (including phenoxy) is 2. The van der Waals surface area contributed by atoms with Crippen molar-refractivity contribution in [2.75, 3.05) is 30.5 Å². The number of carbonyl (C=O) groups is 1. The summed E-state index contributed by atoms with van der Waals surface area (Å²) < 4.78 is 24.2. The first kappa shape index (κ1) is 18.3. The van der Waals surface area contributed by atoms with Gasteiger partial charge in [0.2, 0.25) is 6.79 Å². The number of para-hydroxylation sites is 1. The third kappa shape index (κ3) is 3.96. The Balaban J connectivity index is 1.38. The molecule has 146 valence electrons. The average molecular weight is 393 g/mol. The van der Waals surface area contributed by atoms with E-state index >= 15 is 0 Å². The maximum Gasteiger partial charge on any atom is 0.319 e. The molecule has 0 radical (unpaired) electrons. The number of nitriles is 1. The van der Waals surface area contributed by atoms with Crippen LogP contribution in [0.5, 0.6) is 11.5 Å². The Bertz CT molecular complexity index is 1130. The second kappa shape index (κ2) is 7.90. The van der Waals surface area contributed by atoms with Crippen LogP contribution in [0.2, 0.25) is 0 Å². The molecule has 0 bridgehead atoms. The topological polar surface area (TPSA) is 108 Å². The third-order valence-electron chi connectivity index (χ3n) is 4.25. The number of nitrogens with one attached hydrogen (secondary N) is 3. The molecule has 2 aromatic carbocycles. The second-order valence-corrected chi connectivity index (χ2v) is 6.18. The summed E-state index contributed by atoms with van der Waals surface area (Å²) >= 11 is 0. The molecule has 3 N–H and O–H groups in total. The fourth-order valence-corrected chi connectivity index (χ4v) is 2.87. The summed E-state index contributed by atoms with van der Waals surface area (Å²) in [6.07, 6.45) is 0.